The number of aromatic nitrogens is 1. The molecule has 2 aromatic rings. The van der Waals surface area contributed by atoms with Gasteiger partial charge in [0.2, 0.25) is 5.91 Å². The van der Waals surface area contributed by atoms with Crippen LogP contribution in [0, 0.1) is 11.7 Å². The summed E-state index contributed by atoms with van der Waals surface area (Å²) in [5.41, 5.74) is 4.10. The topological polar surface area (TPSA) is 109 Å². The summed E-state index contributed by atoms with van der Waals surface area (Å²) in [7, 11) is 0. The molecular weight excluding hydrogens is 453 g/mol. The largest absolute Gasteiger partial charge is 0.480 e. The number of nitrogens with zero attached hydrogens (tertiary/aromatic N) is 2. The number of aliphatic carboxylic acids is 1. The number of amides is 2. The number of aryl methyl sites for hydroxylation is 3. The maximum atomic E-state index is 13.2. The van der Waals surface area contributed by atoms with E-state index in [-0.39, 0.29) is 18.9 Å². The van der Waals surface area contributed by atoms with Gasteiger partial charge < -0.3 is 20.1 Å². The van der Waals surface area contributed by atoms with Crippen molar-refractivity contribution in [2.45, 2.75) is 57.6 Å². The minimum Gasteiger partial charge on any atom is -0.480 e. The molecule has 8 nitrogen and oxygen atoms in total. The van der Waals surface area contributed by atoms with Crippen molar-refractivity contribution in [1.29, 1.82) is 0 Å². The fourth-order valence-corrected chi connectivity index (χ4v) is 4.54. The van der Waals surface area contributed by atoms with Crippen LogP contribution in [0.2, 0.25) is 0 Å². The highest BCUT2D eigenvalue weighted by Crippen LogP contribution is 2.24. The SMILES string of the molecule is O=C(N[C@@H](CC(=O)N1CC(CCc2ccc3c(n2)CCCC3)C1)C(=O)O)OCc1cccc(F)c1. The van der Waals surface area contributed by atoms with Gasteiger partial charge in [0.1, 0.15) is 18.5 Å². The van der Waals surface area contributed by atoms with Crippen molar-refractivity contribution in [3.05, 3.63) is 64.7 Å². The molecule has 1 fully saturated rings. The molecule has 9 heteroatoms. The van der Waals surface area contributed by atoms with Crippen LogP contribution in [-0.4, -0.2) is 52.1 Å². The lowest BCUT2D eigenvalue weighted by Crippen LogP contribution is -2.53. The van der Waals surface area contributed by atoms with Gasteiger partial charge in [0.05, 0.1) is 6.42 Å². The third-order valence-corrected chi connectivity index (χ3v) is 6.58. The summed E-state index contributed by atoms with van der Waals surface area (Å²) < 4.78 is 18.2. The van der Waals surface area contributed by atoms with Crippen molar-refractivity contribution >= 4 is 18.0 Å². The predicted octanol–water partition coefficient (Wildman–Crippen LogP) is 3.26. The number of benzene rings is 1. The summed E-state index contributed by atoms with van der Waals surface area (Å²) in [5, 5.41) is 11.6. The molecule has 1 atom stereocenters. The molecule has 2 N–H and O–H groups in total. The lowest BCUT2D eigenvalue weighted by atomic mass is 9.92. The molecule has 2 amide bonds. The second kappa shape index (κ2) is 11.3. The zero-order valence-electron chi connectivity index (χ0n) is 19.5. The van der Waals surface area contributed by atoms with Crippen molar-refractivity contribution in [2.75, 3.05) is 13.1 Å². The molecule has 2 heterocycles. The molecule has 2 aliphatic rings. The van der Waals surface area contributed by atoms with E-state index >= 15 is 0 Å². The summed E-state index contributed by atoms with van der Waals surface area (Å²) in [6.07, 6.45) is 5.02. The molecular formula is C26H30FN3O5. The summed E-state index contributed by atoms with van der Waals surface area (Å²) in [4.78, 5) is 42.5. The van der Waals surface area contributed by atoms with Gasteiger partial charge in [-0.1, -0.05) is 18.2 Å². The highest BCUT2D eigenvalue weighted by Gasteiger charge is 2.33. The van der Waals surface area contributed by atoms with Gasteiger partial charge in [-0.2, -0.15) is 0 Å². The van der Waals surface area contributed by atoms with Crippen LogP contribution in [0.5, 0.6) is 0 Å². The van der Waals surface area contributed by atoms with Crippen LogP contribution < -0.4 is 5.32 Å². The van der Waals surface area contributed by atoms with E-state index < -0.39 is 23.9 Å². The standard InChI is InChI=1S/C26H30FN3O5/c27-20-6-3-4-17(12-20)16-35-26(34)29-23(25(32)33)13-24(31)30-14-18(15-30)8-10-21-11-9-19-5-1-2-7-22(19)28-21/h3-4,6,9,11-12,18,23H,1-2,5,7-8,10,13-16H2,(H,29,34)(H,32,33)/t23-/m0/s1. The molecule has 4 rings (SSSR count). The van der Waals surface area contributed by atoms with E-state index in [1.807, 2.05) is 0 Å². The lowest BCUT2D eigenvalue weighted by Gasteiger charge is -2.40. The quantitative estimate of drug-likeness (QED) is 0.567. The third kappa shape index (κ3) is 6.77. The number of hydrogen-bond donors (Lipinski definition) is 2. The van der Waals surface area contributed by atoms with Crippen LogP contribution >= 0.6 is 0 Å². The monoisotopic (exact) mass is 483 g/mol. The number of nitrogens with one attached hydrogen (secondary N) is 1. The Morgan fingerprint density at radius 2 is 1.97 bits per heavy atom. The van der Waals surface area contributed by atoms with Crippen LogP contribution in [0.15, 0.2) is 36.4 Å². The van der Waals surface area contributed by atoms with E-state index in [9.17, 15) is 23.9 Å². The Balaban J connectivity index is 1.18. The number of carboxylic acid groups (broad SMARTS) is 1. The minimum absolute atomic E-state index is 0.212. The number of pyridine rings is 1. The van der Waals surface area contributed by atoms with Crippen LogP contribution in [0.4, 0.5) is 9.18 Å². The van der Waals surface area contributed by atoms with Crippen molar-refractivity contribution in [2.24, 2.45) is 5.92 Å². The van der Waals surface area contributed by atoms with Crippen LogP contribution in [0.25, 0.3) is 0 Å². The van der Waals surface area contributed by atoms with Crippen molar-refractivity contribution < 1.29 is 28.6 Å². The number of carbonyl (C=O) groups is 3. The highest BCUT2D eigenvalue weighted by atomic mass is 19.1. The summed E-state index contributed by atoms with van der Waals surface area (Å²) in [6, 6.07) is 8.43. The van der Waals surface area contributed by atoms with E-state index in [4.69, 9.17) is 9.72 Å². The first-order valence-electron chi connectivity index (χ1n) is 12.0. The number of alkyl carbamates (subject to hydrolysis) is 1. The Kier molecular flexibility index (Phi) is 7.94. The molecule has 1 aliphatic carbocycles. The zero-order valence-corrected chi connectivity index (χ0v) is 19.5. The van der Waals surface area contributed by atoms with Gasteiger partial charge in [-0.15, -0.1) is 0 Å². The Morgan fingerprint density at radius 1 is 1.17 bits per heavy atom. The fraction of sp³-hybridized carbons (Fsp3) is 0.462. The number of rotatable bonds is 9. The number of carbonyl (C=O) groups excluding carboxylic acids is 2. The van der Waals surface area contributed by atoms with Crippen LogP contribution in [0.1, 0.15) is 48.2 Å². The lowest BCUT2D eigenvalue weighted by molar-refractivity contribution is -0.145. The maximum Gasteiger partial charge on any atom is 0.408 e. The van der Waals surface area contributed by atoms with Crippen LogP contribution in [-0.2, 0) is 40.2 Å². The second-order valence-corrected chi connectivity index (χ2v) is 9.26. The smallest absolute Gasteiger partial charge is 0.408 e. The number of likely N-dealkylation sites (tertiary alicyclic amines) is 1. The van der Waals surface area contributed by atoms with E-state index in [0.29, 0.717) is 24.6 Å². The molecule has 1 aromatic carbocycles. The average Bonchev–Trinajstić information content (AvgIpc) is 2.81. The zero-order chi connectivity index (χ0) is 24.8. The Hall–Kier alpha value is -3.49. The normalized spacial score (nSPS) is 16.1. The molecule has 0 saturated carbocycles. The fourth-order valence-electron chi connectivity index (χ4n) is 4.54. The van der Waals surface area contributed by atoms with Gasteiger partial charge in [0.15, 0.2) is 0 Å². The van der Waals surface area contributed by atoms with Crippen LogP contribution in [0.3, 0.4) is 0 Å². The average molecular weight is 484 g/mol. The van der Waals surface area contributed by atoms with Gasteiger partial charge >= 0.3 is 12.1 Å². The molecule has 1 aromatic heterocycles. The highest BCUT2D eigenvalue weighted by molar-refractivity contribution is 5.87. The molecule has 1 aliphatic heterocycles. The molecule has 0 bridgehead atoms. The Labute approximate surface area is 203 Å². The van der Waals surface area contributed by atoms with E-state index in [2.05, 4.69) is 17.4 Å². The van der Waals surface area contributed by atoms with Crippen molar-refractivity contribution in [1.82, 2.24) is 15.2 Å². The summed E-state index contributed by atoms with van der Waals surface area (Å²) >= 11 is 0. The third-order valence-electron chi connectivity index (χ3n) is 6.58. The molecule has 186 valence electrons. The van der Waals surface area contributed by atoms with Gasteiger partial charge in [0, 0.05) is 24.5 Å². The number of fused-ring (bicyclic) bond motifs is 1. The maximum absolute atomic E-state index is 13.2. The molecule has 1 saturated heterocycles. The first-order valence-corrected chi connectivity index (χ1v) is 12.0. The van der Waals surface area contributed by atoms with Gasteiger partial charge in [-0.25, -0.2) is 14.0 Å². The van der Waals surface area contributed by atoms with E-state index in [0.717, 1.165) is 31.4 Å². The van der Waals surface area contributed by atoms with Gasteiger partial charge in [-0.3, -0.25) is 9.78 Å². The van der Waals surface area contributed by atoms with E-state index in [1.54, 1.807) is 11.0 Å². The molecule has 35 heavy (non-hydrogen) atoms. The Bertz CT molecular complexity index is 1090. The minimum atomic E-state index is -1.40. The van der Waals surface area contributed by atoms with Gasteiger partial charge in [0.25, 0.3) is 0 Å². The second-order valence-electron chi connectivity index (χ2n) is 9.26. The molecule has 0 unspecified atom stereocenters. The molecule has 0 spiro atoms. The first-order chi connectivity index (χ1) is 16.9. The first kappa shape index (κ1) is 24.6. The van der Waals surface area contributed by atoms with E-state index in [1.165, 1.54) is 42.3 Å². The summed E-state index contributed by atoms with van der Waals surface area (Å²) in [5.74, 6) is -1.76. The molecule has 0 radical (unpaired) electrons. The summed E-state index contributed by atoms with van der Waals surface area (Å²) in [6.45, 7) is 0.928. The van der Waals surface area contributed by atoms with Crippen molar-refractivity contribution in [3.63, 3.8) is 0 Å². The number of halogens is 1. The van der Waals surface area contributed by atoms with Crippen molar-refractivity contribution in [3.8, 4) is 0 Å². The number of hydrogen-bond acceptors (Lipinski definition) is 5. The number of ether oxygens (including phenoxy) is 1. The Morgan fingerprint density at radius 3 is 2.74 bits per heavy atom. The van der Waals surface area contributed by atoms with Gasteiger partial charge in [-0.05, 0) is 73.8 Å². The predicted molar refractivity (Wildman–Crippen MR) is 125 cm³/mol. The number of carboxylic acids is 1.